The van der Waals surface area contributed by atoms with E-state index in [2.05, 4.69) is 15.2 Å². The van der Waals surface area contributed by atoms with Crippen LogP contribution in [0.15, 0.2) is 22.0 Å². The van der Waals surface area contributed by atoms with Crippen molar-refractivity contribution in [2.24, 2.45) is 19.8 Å². The SMILES string of the molecule is Cn1c(=O)c2c(ncn2CC(=O)N2CCCCC2c2cc(C(N)=O)n[nH]2)n(C)c1=O. The monoisotopic (exact) mass is 414 g/mol. The Morgan fingerprint density at radius 2 is 2.00 bits per heavy atom. The van der Waals surface area contributed by atoms with Crippen molar-refractivity contribution in [2.45, 2.75) is 31.8 Å². The van der Waals surface area contributed by atoms with Crippen LogP contribution in [0.1, 0.15) is 41.5 Å². The van der Waals surface area contributed by atoms with E-state index in [0.717, 1.165) is 17.4 Å². The number of fused-ring (bicyclic) bond motifs is 1. The van der Waals surface area contributed by atoms with Gasteiger partial charge in [0.1, 0.15) is 12.2 Å². The standard InChI is InChI=1S/C18H22N8O4/c1-23-16-14(17(29)24(2)18(23)30)25(9-20-16)8-13(27)26-6-4-3-5-12(26)10-7-11(15(19)28)22-21-10/h7,9,12H,3-6,8H2,1-2H3,(H2,19,28)(H,21,22). The molecule has 0 aliphatic carbocycles. The second-order valence-corrected chi connectivity index (χ2v) is 7.42. The van der Waals surface area contributed by atoms with Crippen molar-refractivity contribution in [3.05, 3.63) is 44.6 Å². The molecule has 2 amide bonds. The molecular formula is C18H22N8O4. The molecule has 0 saturated carbocycles. The summed E-state index contributed by atoms with van der Waals surface area (Å²) in [6.45, 7) is 0.439. The van der Waals surface area contributed by atoms with Crippen LogP contribution in [0.5, 0.6) is 0 Å². The van der Waals surface area contributed by atoms with Crippen molar-refractivity contribution in [2.75, 3.05) is 6.54 Å². The highest BCUT2D eigenvalue weighted by Gasteiger charge is 2.30. The fourth-order valence-corrected chi connectivity index (χ4v) is 3.94. The van der Waals surface area contributed by atoms with Gasteiger partial charge in [-0.15, -0.1) is 0 Å². The first-order valence-electron chi connectivity index (χ1n) is 9.55. The number of likely N-dealkylation sites (tertiary alicyclic amines) is 1. The summed E-state index contributed by atoms with van der Waals surface area (Å²) in [5, 5.41) is 6.72. The fraction of sp³-hybridized carbons (Fsp3) is 0.444. The predicted molar refractivity (Wildman–Crippen MR) is 106 cm³/mol. The van der Waals surface area contributed by atoms with Crippen molar-refractivity contribution in [1.82, 2.24) is 33.8 Å². The number of aryl methyl sites for hydroxylation is 1. The first kappa shape index (κ1) is 19.6. The van der Waals surface area contributed by atoms with Gasteiger partial charge in [-0.3, -0.25) is 28.6 Å². The Hall–Kier alpha value is -3.70. The Morgan fingerprint density at radius 1 is 1.23 bits per heavy atom. The molecular weight excluding hydrogens is 392 g/mol. The lowest BCUT2D eigenvalue weighted by atomic mass is 9.99. The molecule has 4 rings (SSSR count). The number of carbonyl (C=O) groups is 2. The molecule has 1 atom stereocenters. The topological polar surface area (TPSA) is 154 Å². The Bertz CT molecular complexity index is 1260. The lowest BCUT2D eigenvalue weighted by Crippen LogP contribution is -2.41. The van der Waals surface area contributed by atoms with Crippen LogP contribution in [-0.2, 0) is 25.4 Å². The Labute approximate surface area is 169 Å². The molecule has 3 aromatic heterocycles. The van der Waals surface area contributed by atoms with E-state index in [0.29, 0.717) is 18.7 Å². The fourth-order valence-electron chi connectivity index (χ4n) is 3.94. The molecule has 1 unspecified atom stereocenters. The molecule has 30 heavy (non-hydrogen) atoms. The molecule has 12 nitrogen and oxygen atoms in total. The zero-order valence-corrected chi connectivity index (χ0v) is 16.7. The number of nitrogens with one attached hydrogen (secondary N) is 1. The maximum atomic E-state index is 13.2. The van der Waals surface area contributed by atoms with Crippen molar-refractivity contribution < 1.29 is 9.59 Å². The summed E-state index contributed by atoms with van der Waals surface area (Å²) in [5.74, 6) is -0.845. The van der Waals surface area contributed by atoms with Crippen LogP contribution in [0, 0.1) is 0 Å². The second-order valence-electron chi connectivity index (χ2n) is 7.42. The van der Waals surface area contributed by atoms with Gasteiger partial charge < -0.3 is 15.2 Å². The van der Waals surface area contributed by atoms with Crippen molar-refractivity contribution in [3.8, 4) is 0 Å². The van der Waals surface area contributed by atoms with E-state index >= 15 is 0 Å². The molecule has 0 spiro atoms. The molecule has 1 aliphatic rings. The first-order valence-corrected chi connectivity index (χ1v) is 9.55. The molecule has 12 heteroatoms. The third-order valence-corrected chi connectivity index (χ3v) is 5.56. The highest BCUT2D eigenvalue weighted by Crippen LogP contribution is 2.30. The number of aromatic nitrogens is 6. The Morgan fingerprint density at radius 3 is 2.70 bits per heavy atom. The van der Waals surface area contributed by atoms with Gasteiger partial charge in [0.2, 0.25) is 5.91 Å². The van der Waals surface area contributed by atoms with Crippen molar-refractivity contribution in [3.63, 3.8) is 0 Å². The van der Waals surface area contributed by atoms with Gasteiger partial charge in [0, 0.05) is 20.6 Å². The summed E-state index contributed by atoms with van der Waals surface area (Å²) in [7, 11) is 2.91. The van der Waals surface area contributed by atoms with Crippen LogP contribution in [0.3, 0.4) is 0 Å². The summed E-state index contributed by atoms with van der Waals surface area (Å²) in [6.07, 6.45) is 3.88. The molecule has 1 fully saturated rings. The Balaban J connectivity index is 1.66. The number of H-pyrrole nitrogens is 1. The third kappa shape index (κ3) is 3.09. The lowest BCUT2D eigenvalue weighted by Gasteiger charge is -2.35. The number of amides is 2. The number of imidazole rings is 1. The number of carbonyl (C=O) groups excluding carboxylic acids is 2. The summed E-state index contributed by atoms with van der Waals surface area (Å²) in [5.41, 5.74) is 5.47. The number of nitrogens with zero attached hydrogens (tertiary/aromatic N) is 6. The summed E-state index contributed by atoms with van der Waals surface area (Å²) in [6, 6.07) is 1.30. The number of primary amides is 1. The minimum absolute atomic E-state index is 0.0999. The normalized spacial score (nSPS) is 16.9. The van der Waals surface area contributed by atoms with Gasteiger partial charge in [-0.25, -0.2) is 9.78 Å². The number of piperidine rings is 1. The second kappa shape index (κ2) is 7.28. The van der Waals surface area contributed by atoms with E-state index in [4.69, 9.17) is 5.73 Å². The molecule has 4 heterocycles. The summed E-state index contributed by atoms with van der Waals surface area (Å²) >= 11 is 0. The predicted octanol–water partition coefficient (Wildman–Crippen LogP) is -0.990. The van der Waals surface area contributed by atoms with E-state index in [9.17, 15) is 19.2 Å². The number of nitrogens with two attached hydrogens (primary N) is 1. The van der Waals surface area contributed by atoms with E-state index in [1.165, 1.54) is 29.6 Å². The number of rotatable bonds is 4. The van der Waals surface area contributed by atoms with Gasteiger partial charge >= 0.3 is 5.69 Å². The largest absolute Gasteiger partial charge is 0.364 e. The third-order valence-electron chi connectivity index (χ3n) is 5.56. The zero-order valence-electron chi connectivity index (χ0n) is 16.7. The minimum Gasteiger partial charge on any atom is -0.364 e. The van der Waals surface area contributed by atoms with Gasteiger partial charge in [-0.05, 0) is 25.3 Å². The van der Waals surface area contributed by atoms with Crippen LogP contribution >= 0.6 is 0 Å². The van der Waals surface area contributed by atoms with E-state index in [-0.39, 0.29) is 35.4 Å². The van der Waals surface area contributed by atoms with Gasteiger partial charge in [0.15, 0.2) is 11.2 Å². The van der Waals surface area contributed by atoms with Crippen LogP contribution in [-0.4, -0.2) is 52.1 Å². The van der Waals surface area contributed by atoms with E-state index in [1.807, 2.05) is 0 Å². The average Bonchev–Trinajstić information content (AvgIpc) is 3.38. The molecule has 158 valence electrons. The highest BCUT2D eigenvalue weighted by molar-refractivity contribution is 5.90. The molecule has 1 aliphatic heterocycles. The van der Waals surface area contributed by atoms with E-state index in [1.54, 1.807) is 11.0 Å². The minimum atomic E-state index is -0.641. The molecule has 3 aromatic rings. The highest BCUT2D eigenvalue weighted by atomic mass is 16.2. The Kier molecular flexibility index (Phi) is 4.76. The molecule has 1 saturated heterocycles. The summed E-state index contributed by atoms with van der Waals surface area (Å²) in [4.78, 5) is 55.1. The van der Waals surface area contributed by atoms with Crippen molar-refractivity contribution >= 4 is 23.0 Å². The smallest absolute Gasteiger partial charge is 0.332 e. The number of hydrogen-bond acceptors (Lipinski definition) is 6. The number of aromatic amines is 1. The molecule has 0 bridgehead atoms. The zero-order chi connectivity index (χ0) is 21.6. The van der Waals surface area contributed by atoms with E-state index < -0.39 is 17.2 Å². The van der Waals surface area contributed by atoms with Gasteiger partial charge in [0.25, 0.3) is 11.5 Å². The van der Waals surface area contributed by atoms with Crippen LogP contribution in [0.2, 0.25) is 0 Å². The van der Waals surface area contributed by atoms with Crippen LogP contribution in [0.4, 0.5) is 0 Å². The average molecular weight is 414 g/mol. The maximum absolute atomic E-state index is 13.2. The summed E-state index contributed by atoms with van der Waals surface area (Å²) < 4.78 is 3.73. The van der Waals surface area contributed by atoms with Gasteiger partial charge in [-0.1, -0.05) is 0 Å². The number of hydrogen-bond donors (Lipinski definition) is 2. The first-order chi connectivity index (χ1) is 14.3. The maximum Gasteiger partial charge on any atom is 0.332 e. The molecule has 0 aromatic carbocycles. The molecule has 3 N–H and O–H groups in total. The van der Waals surface area contributed by atoms with Crippen molar-refractivity contribution in [1.29, 1.82) is 0 Å². The lowest BCUT2D eigenvalue weighted by molar-refractivity contribution is -0.135. The quantitative estimate of drug-likeness (QED) is 0.559. The van der Waals surface area contributed by atoms with Crippen LogP contribution < -0.4 is 17.0 Å². The van der Waals surface area contributed by atoms with Crippen LogP contribution in [0.25, 0.3) is 11.2 Å². The molecule has 0 radical (unpaired) electrons. The van der Waals surface area contributed by atoms with Gasteiger partial charge in [0.05, 0.1) is 18.1 Å². The van der Waals surface area contributed by atoms with Gasteiger partial charge in [-0.2, -0.15) is 5.10 Å².